The van der Waals surface area contributed by atoms with E-state index in [0.29, 0.717) is 12.1 Å². The van der Waals surface area contributed by atoms with Crippen molar-refractivity contribution in [3.63, 3.8) is 0 Å². The summed E-state index contributed by atoms with van der Waals surface area (Å²) >= 11 is 3.08. The van der Waals surface area contributed by atoms with Crippen LogP contribution in [0.25, 0.3) is 31.0 Å². The maximum atomic E-state index is 14.3. The van der Waals surface area contributed by atoms with Crippen molar-refractivity contribution in [2.75, 3.05) is 13.1 Å². The smallest absolute Gasteiger partial charge is 0.152 e. The normalized spacial score (nSPS) is 21.0. The van der Waals surface area contributed by atoms with Crippen molar-refractivity contribution in [1.29, 1.82) is 0 Å². The summed E-state index contributed by atoms with van der Waals surface area (Å²) in [6, 6.07) is 5.46. The highest BCUT2D eigenvalue weighted by molar-refractivity contribution is 7.28. The molecule has 1 saturated heterocycles. The summed E-state index contributed by atoms with van der Waals surface area (Å²) in [5, 5.41) is 8.77. The lowest BCUT2D eigenvalue weighted by Gasteiger charge is -2.25. The number of hydrogen-bond acceptors (Lipinski definition) is 5. The van der Waals surface area contributed by atoms with Gasteiger partial charge < -0.3 is 5.32 Å². The third-order valence-corrected chi connectivity index (χ3v) is 7.15. The quantitative estimate of drug-likeness (QED) is 0.549. The Morgan fingerprint density at radius 2 is 2.15 bits per heavy atom. The first-order chi connectivity index (χ1) is 12.6. The molecule has 1 fully saturated rings. The third kappa shape index (κ3) is 2.64. The lowest BCUT2D eigenvalue weighted by Crippen LogP contribution is -2.36. The number of thiazole rings is 1. The Kier molecular flexibility index (Phi) is 3.80. The molecule has 26 heavy (non-hydrogen) atoms. The fourth-order valence-corrected chi connectivity index (χ4v) is 5.93. The van der Waals surface area contributed by atoms with Crippen LogP contribution in [-0.4, -0.2) is 34.0 Å². The number of hydrogen-bond donors (Lipinski definition) is 1. The molecule has 0 bridgehead atoms. The molecule has 2 atom stereocenters. The Morgan fingerprint density at radius 1 is 1.27 bits per heavy atom. The van der Waals surface area contributed by atoms with Crippen molar-refractivity contribution in [3.8, 4) is 10.6 Å². The predicted octanol–water partition coefficient (Wildman–Crippen LogP) is 4.47. The molecule has 0 amide bonds. The van der Waals surface area contributed by atoms with Crippen LogP contribution in [0.2, 0.25) is 0 Å². The first-order valence-electron chi connectivity index (χ1n) is 8.47. The number of nitrogens with one attached hydrogen (secondary N) is 1. The second kappa shape index (κ2) is 6.07. The third-order valence-electron chi connectivity index (χ3n) is 4.81. The molecule has 4 aromatic rings. The second-order valence-corrected chi connectivity index (χ2v) is 8.74. The summed E-state index contributed by atoms with van der Waals surface area (Å²) in [5.74, 6) is -0.386. The molecule has 4 nitrogen and oxygen atoms in total. The Labute approximate surface area is 156 Å². The van der Waals surface area contributed by atoms with E-state index in [4.69, 9.17) is 0 Å². The van der Waals surface area contributed by atoms with Gasteiger partial charge in [0.05, 0.1) is 4.70 Å². The summed E-state index contributed by atoms with van der Waals surface area (Å²) in [7, 11) is 1.78. The van der Waals surface area contributed by atoms with Crippen molar-refractivity contribution < 1.29 is 8.78 Å². The number of benzene rings is 1. The maximum Gasteiger partial charge on any atom is 0.152 e. The van der Waals surface area contributed by atoms with Crippen LogP contribution in [0.5, 0.6) is 0 Å². The zero-order chi connectivity index (χ0) is 17.8. The minimum atomic E-state index is -0.849. The number of thiophene rings is 1. The van der Waals surface area contributed by atoms with Gasteiger partial charge in [0.1, 0.15) is 21.5 Å². The van der Waals surface area contributed by atoms with E-state index in [-0.39, 0.29) is 11.7 Å². The molecule has 0 aliphatic carbocycles. The highest BCUT2D eigenvalue weighted by Crippen LogP contribution is 2.41. The fourth-order valence-electron chi connectivity index (χ4n) is 3.54. The fraction of sp³-hybridized carbons (Fsp3) is 0.333. The lowest BCUT2D eigenvalue weighted by molar-refractivity contribution is 0.233. The molecule has 134 valence electrons. The molecule has 1 N–H and O–H groups in total. The van der Waals surface area contributed by atoms with Gasteiger partial charge in [-0.2, -0.15) is 5.10 Å². The standard InChI is InChI=1S/C18H16F2N4S2/c1-24-8-10-4-9(5-12(19)16(10)23-24)17-22-18-15(26-17)6-14(25-18)11-2-3-21-7-13(11)20/h4-6,8,11,13,21H,2-3,7H2,1H3/t11-,13+/m0/s1. The monoisotopic (exact) mass is 390 g/mol. The average Bonchev–Trinajstić information content (AvgIpc) is 3.27. The molecule has 1 aromatic carbocycles. The number of alkyl halides is 1. The molecule has 5 rings (SSSR count). The Balaban J connectivity index is 1.53. The molecule has 4 heterocycles. The molecule has 0 unspecified atom stereocenters. The Morgan fingerprint density at radius 3 is 2.96 bits per heavy atom. The van der Waals surface area contributed by atoms with E-state index >= 15 is 0 Å². The van der Waals surface area contributed by atoms with Crippen molar-refractivity contribution >= 4 is 43.1 Å². The van der Waals surface area contributed by atoms with Gasteiger partial charge in [0.2, 0.25) is 0 Å². The van der Waals surface area contributed by atoms with Gasteiger partial charge in [-0.3, -0.25) is 4.68 Å². The van der Waals surface area contributed by atoms with E-state index in [1.807, 2.05) is 6.07 Å². The molecule has 3 aromatic heterocycles. The first kappa shape index (κ1) is 16.3. The maximum absolute atomic E-state index is 14.3. The highest BCUT2D eigenvalue weighted by atomic mass is 32.1. The van der Waals surface area contributed by atoms with Crippen molar-refractivity contribution in [2.45, 2.75) is 18.5 Å². The summed E-state index contributed by atoms with van der Waals surface area (Å²) in [5.41, 5.74) is 1.12. The molecular formula is C18H16F2N4S2. The van der Waals surface area contributed by atoms with Gasteiger partial charge in [-0.1, -0.05) is 0 Å². The minimum absolute atomic E-state index is 0.0460. The topological polar surface area (TPSA) is 42.7 Å². The molecule has 8 heteroatoms. The van der Waals surface area contributed by atoms with Crippen molar-refractivity contribution in [2.24, 2.45) is 7.05 Å². The van der Waals surface area contributed by atoms with E-state index in [1.54, 1.807) is 29.3 Å². The molecule has 1 aliphatic heterocycles. The van der Waals surface area contributed by atoms with Gasteiger partial charge in [0.15, 0.2) is 5.82 Å². The van der Waals surface area contributed by atoms with Crippen LogP contribution in [0.1, 0.15) is 17.2 Å². The largest absolute Gasteiger partial charge is 0.314 e. The van der Waals surface area contributed by atoms with Gasteiger partial charge in [-0.05, 0) is 31.2 Å². The summed E-state index contributed by atoms with van der Waals surface area (Å²) in [6.45, 7) is 1.26. The van der Waals surface area contributed by atoms with E-state index in [2.05, 4.69) is 21.5 Å². The number of rotatable bonds is 2. The number of halogens is 2. The van der Waals surface area contributed by atoms with Gasteiger partial charge in [0, 0.05) is 41.5 Å². The van der Waals surface area contributed by atoms with Crippen LogP contribution in [0.3, 0.4) is 0 Å². The number of piperidine rings is 1. The molecule has 0 saturated carbocycles. The number of aromatic nitrogens is 3. The van der Waals surface area contributed by atoms with Crippen LogP contribution in [0.15, 0.2) is 24.4 Å². The molecule has 1 aliphatic rings. The molecule has 0 radical (unpaired) electrons. The Hall–Kier alpha value is -1.90. The van der Waals surface area contributed by atoms with Crippen LogP contribution in [-0.2, 0) is 7.05 Å². The van der Waals surface area contributed by atoms with Crippen LogP contribution in [0.4, 0.5) is 8.78 Å². The van der Waals surface area contributed by atoms with Crippen molar-refractivity contribution in [1.82, 2.24) is 20.1 Å². The van der Waals surface area contributed by atoms with E-state index < -0.39 is 6.17 Å². The zero-order valence-corrected chi connectivity index (χ0v) is 15.6. The zero-order valence-electron chi connectivity index (χ0n) is 14.0. The van der Waals surface area contributed by atoms with Crippen LogP contribution < -0.4 is 5.32 Å². The number of aryl methyl sites for hydroxylation is 1. The van der Waals surface area contributed by atoms with Gasteiger partial charge in [0.25, 0.3) is 0 Å². The summed E-state index contributed by atoms with van der Waals surface area (Å²) in [4.78, 5) is 6.65. The minimum Gasteiger partial charge on any atom is -0.314 e. The van der Waals surface area contributed by atoms with Crippen LogP contribution in [0, 0.1) is 5.82 Å². The summed E-state index contributed by atoms with van der Waals surface area (Å²) < 4.78 is 31.2. The Bertz CT molecular complexity index is 1080. The molecule has 0 spiro atoms. The first-order valence-corrected chi connectivity index (χ1v) is 10.1. The predicted molar refractivity (Wildman–Crippen MR) is 102 cm³/mol. The lowest BCUT2D eigenvalue weighted by atomic mass is 9.95. The SMILES string of the molecule is Cn1cc2cc(-c3nc4sc([C@H]5CCNC[C@H]5F)cc4s3)cc(F)c2n1. The van der Waals surface area contributed by atoms with Gasteiger partial charge >= 0.3 is 0 Å². The van der Waals surface area contributed by atoms with E-state index in [9.17, 15) is 8.78 Å². The molecular weight excluding hydrogens is 374 g/mol. The number of fused-ring (bicyclic) bond motifs is 2. The highest BCUT2D eigenvalue weighted by Gasteiger charge is 2.28. The van der Waals surface area contributed by atoms with Crippen LogP contribution >= 0.6 is 22.7 Å². The summed E-state index contributed by atoms with van der Waals surface area (Å²) in [6.07, 6.45) is 1.76. The van der Waals surface area contributed by atoms with Gasteiger partial charge in [-0.15, -0.1) is 22.7 Å². The van der Waals surface area contributed by atoms with E-state index in [0.717, 1.165) is 43.3 Å². The average molecular weight is 390 g/mol. The van der Waals surface area contributed by atoms with E-state index in [1.165, 1.54) is 17.4 Å². The second-order valence-electron chi connectivity index (χ2n) is 6.65. The van der Waals surface area contributed by atoms with Crippen molar-refractivity contribution in [3.05, 3.63) is 35.1 Å². The number of nitrogens with zero attached hydrogens (tertiary/aromatic N) is 3. The van der Waals surface area contributed by atoms with Gasteiger partial charge in [-0.25, -0.2) is 13.8 Å².